The van der Waals surface area contributed by atoms with Gasteiger partial charge in [-0.15, -0.1) is 11.8 Å². The lowest BCUT2D eigenvalue weighted by atomic mass is 10.2. The molecule has 19 heavy (non-hydrogen) atoms. The summed E-state index contributed by atoms with van der Waals surface area (Å²) in [6.07, 6.45) is 1.56. The van der Waals surface area contributed by atoms with Crippen molar-refractivity contribution < 1.29 is 4.92 Å². The molecule has 1 heterocycles. The third kappa shape index (κ3) is 3.30. The summed E-state index contributed by atoms with van der Waals surface area (Å²) in [4.78, 5) is 15.0. The zero-order valence-electron chi connectivity index (χ0n) is 9.81. The molecule has 0 bridgehead atoms. The van der Waals surface area contributed by atoms with E-state index in [0.717, 1.165) is 5.56 Å². The number of pyridine rings is 1. The van der Waals surface area contributed by atoms with Gasteiger partial charge in [0.2, 0.25) is 0 Å². The molecule has 6 heteroatoms. The normalized spacial score (nSPS) is 9.84. The van der Waals surface area contributed by atoms with Crippen LogP contribution in [-0.2, 0) is 5.75 Å². The van der Waals surface area contributed by atoms with Crippen LogP contribution in [0.5, 0.6) is 0 Å². The van der Waals surface area contributed by atoms with Crippen molar-refractivity contribution in [2.45, 2.75) is 10.6 Å². The van der Waals surface area contributed by atoms with Crippen LogP contribution >= 0.6 is 11.8 Å². The van der Waals surface area contributed by atoms with Gasteiger partial charge in [0.25, 0.3) is 5.69 Å². The predicted octanol–water partition coefficient (Wildman–Crippen LogP) is 3.15. The quantitative estimate of drug-likeness (QED) is 0.484. The lowest BCUT2D eigenvalue weighted by Gasteiger charge is -2.03. The van der Waals surface area contributed by atoms with E-state index in [1.807, 2.05) is 6.07 Å². The van der Waals surface area contributed by atoms with E-state index in [1.54, 1.807) is 36.5 Å². The fraction of sp³-hybridized carbons (Fsp3) is 0.0769. The Bertz CT molecular complexity index is 652. The molecule has 0 fully saturated rings. The van der Waals surface area contributed by atoms with Crippen LogP contribution in [0.1, 0.15) is 11.3 Å². The first-order chi connectivity index (χ1) is 9.20. The lowest BCUT2D eigenvalue weighted by molar-refractivity contribution is -0.387. The summed E-state index contributed by atoms with van der Waals surface area (Å²) >= 11 is 1.37. The van der Waals surface area contributed by atoms with Crippen molar-refractivity contribution in [3.05, 3.63) is 64.0 Å². The predicted molar refractivity (Wildman–Crippen MR) is 71.6 cm³/mol. The van der Waals surface area contributed by atoms with Gasteiger partial charge in [0.1, 0.15) is 11.8 Å². The second kappa shape index (κ2) is 5.98. The van der Waals surface area contributed by atoms with Gasteiger partial charge in [-0.3, -0.25) is 10.1 Å². The average Bonchev–Trinajstić information content (AvgIpc) is 2.45. The molecule has 5 nitrogen and oxygen atoms in total. The number of hydrogen-bond donors (Lipinski definition) is 0. The molecule has 1 aromatic carbocycles. The fourth-order valence-corrected chi connectivity index (χ4v) is 2.48. The molecule has 2 aromatic rings. The van der Waals surface area contributed by atoms with Crippen LogP contribution in [0.3, 0.4) is 0 Å². The highest BCUT2D eigenvalue weighted by molar-refractivity contribution is 7.98. The van der Waals surface area contributed by atoms with E-state index in [2.05, 4.69) is 4.98 Å². The largest absolute Gasteiger partial charge is 0.282 e. The van der Waals surface area contributed by atoms with Gasteiger partial charge in [-0.25, -0.2) is 4.98 Å². The van der Waals surface area contributed by atoms with E-state index < -0.39 is 4.92 Å². The molecule has 0 unspecified atom stereocenters. The number of rotatable bonds is 4. The molecule has 0 atom stereocenters. The molecule has 0 saturated heterocycles. The van der Waals surface area contributed by atoms with Gasteiger partial charge in [0, 0.05) is 18.0 Å². The molecular weight excluding hydrogens is 262 g/mol. The van der Waals surface area contributed by atoms with E-state index in [0.29, 0.717) is 16.3 Å². The third-order valence-corrected chi connectivity index (χ3v) is 3.53. The summed E-state index contributed by atoms with van der Waals surface area (Å²) in [5, 5.41) is 19.6. The van der Waals surface area contributed by atoms with E-state index in [1.165, 1.54) is 17.8 Å². The number of hydrogen-bond acceptors (Lipinski definition) is 5. The van der Waals surface area contributed by atoms with Crippen molar-refractivity contribution in [3.8, 4) is 6.07 Å². The van der Waals surface area contributed by atoms with Gasteiger partial charge in [-0.1, -0.05) is 12.1 Å². The molecule has 2 rings (SSSR count). The second-order valence-corrected chi connectivity index (χ2v) is 4.69. The maximum atomic E-state index is 10.9. The summed E-state index contributed by atoms with van der Waals surface area (Å²) in [6, 6.07) is 12.1. The van der Waals surface area contributed by atoms with E-state index in [4.69, 9.17) is 5.26 Å². The highest BCUT2D eigenvalue weighted by Gasteiger charge is 2.12. The van der Waals surface area contributed by atoms with E-state index in [-0.39, 0.29) is 5.69 Å². The summed E-state index contributed by atoms with van der Waals surface area (Å²) in [5.41, 5.74) is 1.36. The number of nitriles is 1. The van der Waals surface area contributed by atoms with Crippen molar-refractivity contribution in [3.63, 3.8) is 0 Å². The number of nitrogens with zero attached hydrogens (tertiary/aromatic N) is 3. The number of aromatic nitrogens is 1. The van der Waals surface area contributed by atoms with Crippen LogP contribution in [-0.4, -0.2) is 9.91 Å². The smallest absolute Gasteiger partial charge is 0.258 e. The molecule has 1 aromatic heterocycles. The standard InChI is InChI=1S/C13H9N3O2S/c14-8-11-7-10(5-6-15-11)9-19-13-4-2-1-3-12(13)16(17)18/h1-7H,9H2. The van der Waals surface area contributed by atoms with E-state index in [9.17, 15) is 10.1 Å². The van der Waals surface area contributed by atoms with Crippen LogP contribution in [0.15, 0.2) is 47.5 Å². The molecule has 0 N–H and O–H groups in total. The summed E-state index contributed by atoms with van der Waals surface area (Å²) < 4.78 is 0. The molecule has 0 aliphatic heterocycles. The Morgan fingerprint density at radius 3 is 2.89 bits per heavy atom. The minimum absolute atomic E-state index is 0.0991. The monoisotopic (exact) mass is 271 g/mol. The Hall–Kier alpha value is -2.39. The van der Waals surface area contributed by atoms with Crippen molar-refractivity contribution >= 4 is 17.4 Å². The Morgan fingerprint density at radius 1 is 1.37 bits per heavy atom. The van der Waals surface area contributed by atoms with Crippen LogP contribution in [0.2, 0.25) is 0 Å². The van der Waals surface area contributed by atoms with Gasteiger partial charge < -0.3 is 0 Å². The Kier molecular flexibility index (Phi) is 4.11. The van der Waals surface area contributed by atoms with E-state index >= 15 is 0 Å². The Labute approximate surface area is 114 Å². The molecule has 0 amide bonds. The first-order valence-electron chi connectivity index (χ1n) is 5.42. The number of nitro groups is 1. The summed E-state index contributed by atoms with van der Waals surface area (Å²) in [5.74, 6) is 0.558. The lowest BCUT2D eigenvalue weighted by Crippen LogP contribution is -1.91. The minimum Gasteiger partial charge on any atom is -0.258 e. The highest BCUT2D eigenvalue weighted by atomic mass is 32.2. The maximum Gasteiger partial charge on any atom is 0.282 e. The van der Waals surface area contributed by atoms with Crippen molar-refractivity contribution in [2.75, 3.05) is 0 Å². The van der Waals surface area contributed by atoms with Gasteiger partial charge in [0.15, 0.2) is 0 Å². The molecule has 0 aliphatic carbocycles. The minimum atomic E-state index is -0.393. The van der Waals surface area contributed by atoms with Gasteiger partial charge >= 0.3 is 0 Å². The number of thioether (sulfide) groups is 1. The maximum absolute atomic E-state index is 10.9. The van der Waals surface area contributed by atoms with Crippen molar-refractivity contribution in [2.24, 2.45) is 0 Å². The number of benzene rings is 1. The molecule has 0 aliphatic rings. The third-order valence-electron chi connectivity index (χ3n) is 2.40. The highest BCUT2D eigenvalue weighted by Crippen LogP contribution is 2.30. The molecule has 0 spiro atoms. The van der Waals surface area contributed by atoms with Gasteiger partial charge in [-0.2, -0.15) is 5.26 Å². The Morgan fingerprint density at radius 2 is 2.16 bits per heavy atom. The second-order valence-electron chi connectivity index (χ2n) is 3.67. The zero-order chi connectivity index (χ0) is 13.7. The van der Waals surface area contributed by atoms with Gasteiger partial charge in [-0.05, 0) is 23.8 Å². The first kappa shape index (κ1) is 13.1. The number of nitro benzene ring substituents is 1. The summed E-state index contributed by atoms with van der Waals surface area (Å²) in [7, 11) is 0. The number of para-hydroxylation sites is 1. The van der Waals surface area contributed by atoms with Crippen molar-refractivity contribution in [1.29, 1.82) is 5.26 Å². The van der Waals surface area contributed by atoms with Gasteiger partial charge in [0.05, 0.1) is 9.82 Å². The molecule has 0 radical (unpaired) electrons. The molecule has 0 saturated carbocycles. The summed E-state index contributed by atoms with van der Waals surface area (Å²) in [6.45, 7) is 0. The topological polar surface area (TPSA) is 79.8 Å². The molecule has 94 valence electrons. The fourth-order valence-electron chi connectivity index (χ4n) is 1.52. The van der Waals surface area contributed by atoms with Crippen molar-refractivity contribution in [1.82, 2.24) is 4.98 Å². The average molecular weight is 271 g/mol. The first-order valence-corrected chi connectivity index (χ1v) is 6.40. The van der Waals surface area contributed by atoms with Crippen LogP contribution in [0.25, 0.3) is 0 Å². The van der Waals surface area contributed by atoms with Crippen LogP contribution in [0, 0.1) is 21.4 Å². The van der Waals surface area contributed by atoms with Crippen LogP contribution in [0.4, 0.5) is 5.69 Å². The van der Waals surface area contributed by atoms with Crippen LogP contribution < -0.4 is 0 Å². The SMILES string of the molecule is N#Cc1cc(CSc2ccccc2[N+](=O)[O-])ccn1. The Balaban J connectivity index is 2.15. The molecular formula is C13H9N3O2S. The zero-order valence-corrected chi connectivity index (χ0v) is 10.6.